The maximum Gasteiger partial charge on any atom is 0.253 e. The summed E-state index contributed by atoms with van der Waals surface area (Å²) in [7, 11) is 0. The van der Waals surface area contributed by atoms with E-state index in [4.69, 9.17) is 5.26 Å². The molecular weight excluding hydrogens is 138 g/mol. The Balaban J connectivity index is 3.23. The maximum absolute atomic E-state index is 11.7. The summed E-state index contributed by atoms with van der Waals surface area (Å²) >= 11 is 0. The third kappa shape index (κ3) is 4.21. The number of halogens is 2. The zero-order valence-electron chi connectivity index (χ0n) is 5.77. The van der Waals surface area contributed by atoms with Crippen LogP contribution in [0.1, 0.15) is 13.3 Å². The third-order valence-electron chi connectivity index (χ3n) is 1.08. The van der Waals surface area contributed by atoms with E-state index in [0.29, 0.717) is 6.54 Å². The fraction of sp³-hybridized carbons (Fsp3) is 0.833. The number of alkyl halides is 2. The van der Waals surface area contributed by atoms with Crippen molar-refractivity contribution in [2.45, 2.75) is 25.8 Å². The van der Waals surface area contributed by atoms with Crippen molar-refractivity contribution in [2.75, 3.05) is 6.54 Å². The quantitative estimate of drug-likeness (QED) is 0.607. The van der Waals surface area contributed by atoms with Crippen LogP contribution in [0.5, 0.6) is 0 Å². The van der Waals surface area contributed by atoms with Gasteiger partial charge in [0.1, 0.15) is 0 Å². The van der Waals surface area contributed by atoms with E-state index in [2.05, 4.69) is 5.32 Å². The largest absolute Gasteiger partial charge is 0.308 e. The summed E-state index contributed by atoms with van der Waals surface area (Å²) in [6.45, 7) is 1.73. The lowest BCUT2D eigenvalue weighted by atomic mass is 10.3. The van der Waals surface area contributed by atoms with Gasteiger partial charge in [-0.15, -0.1) is 0 Å². The molecule has 0 spiro atoms. The van der Waals surface area contributed by atoms with Crippen LogP contribution in [0.3, 0.4) is 0 Å². The average molecular weight is 148 g/mol. The first kappa shape index (κ1) is 9.31. The molecule has 0 rings (SSSR count). The number of hydrogen-bond donors (Lipinski definition) is 1. The van der Waals surface area contributed by atoms with Crippen LogP contribution in [-0.4, -0.2) is 19.0 Å². The number of rotatable bonds is 4. The Hall–Kier alpha value is -0.690. The van der Waals surface area contributed by atoms with Crippen LogP contribution in [-0.2, 0) is 0 Å². The minimum Gasteiger partial charge on any atom is -0.308 e. The molecule has 1 N–H and O–H groups in total. The Morgan fingerprint density at radius 3 is 2.60 bits per heavy atom. The lowest BCUT2D eigenvalue weighted by Gasteiger charge is -2.09. The molecule has 4 heteroatoms. The van der Waals surface area contributed by atoms with Crippen LogP contribution in [0.15, 0.2) is 0 Å². The van der Waals surface area contributed by atoms with Gasteiger partial charge in [0.15, 0.2) is 0 Å². The van der Waals surface area contributed by atoms with Gasteiger partial charge in [-0.25, -0.2) is 8.78 Å². The van der Waals surface area contributed by atoms with E-state index in [1.54, 1.807) is 0 Å². The first-order chi connectivity index (χ1) is 4.68. The van der Waals surface area contributed by atoms with Crippen LogP contribution in [0.25, 0.3) is 0 Å². The Kier molecular flexibility index (Phi) is 4.77. The van der Waals surface area contributed by atoms with E-state index in [1.807, 2.05) is 6.07 Å². The van der Waals surface area contributed by atoms with Crippen LogP contribution >= 0.6 is 0 Å². The first-order valence-electron chi connectivity index (χ1n) is 3.07. The molecular formula is C6H10F2N2. The van der Waals surface area contributed by atoms with E-state index < -0.39 is 12.5 Å². The van der Waals surface area contributed by atoms with Gasteiger partial charge in [0.05, 0.1) is 12.1 Å². The smallest absolute Gasteiger partial charge is 0.253 e. The standard InChI is InChI=1S/C6H10F2N2/c1-5(6(7)8)10-4-2-3-9/h5-6,10H,2,4H2,1H3. The lowest BCUT2D eigenvalue weighted by molar-refractivity contribution is 0.107. The molecule has 10 heavy (non-hydrogen) atoms. The van der Waals surface area contributed by atoms with Gasteiger partial charge >= 0.3 is 0 Å². The van der Waals surface area contributed by atoms with Gasteiger partial charge in [-0.05, 0) is 6.92 Å². The minimum absolute atomic E-state index is 0.275. The van der Waals surface area contributed by atoms with Gasteiger partial charge in [0, 0.05) is 13.0 Å². The first-order valence-corrected chi connectivity index (χ1v) is 3.07. The number of nitrogens with one attached hydrogen (secondary N) is 1. The maximum atomic E-state index is 11.7. The Bertz CT molecular complexity index is 119. The summed E-state index contributed by atoms with van der Waals surface area (Å²) < 4.78 is 23.4. The fourth-order valence-electron chi connectivity index (χ4n) is 0.445. The van der Waals surface area contributed by atoms with Crippen molar-refractivity contribution in [3.05, 3.63) is 0 Å². The molecule has 0 saturated heterocycles. The summed E-state index contributed by atoms with van der Waals surface area (Å²) in [5.41, 5.74) is 0. The molecule has 1 atom stereocenters. The Morgan fingerprint density at radius 2 is 2.20 bits per heavy atom. The summed E-state index contributed by atoms with van der Waals surface area (Å²) in [6.07, 6.45) is -2.07. The SMILES string of the molecule is CC(NCCC#N)C(F)F. The summed E-state index contributed by atoms with van der Waals surface area (Å²) in [5.74, 6) is 0. The molecule has 0 aromatic heterocycles. The zero-order valence-corrected chi connectivity index (χ0v) is 5.77. The molecule has 0 fully saturated rings. The second kappa shape index (κ2) is 5.12. The number of hydrogen-bond acceptors (Lipinski definition) is 2. The van der Waals surface area contributed by atoms with E-state index in [-0.39, 0.29) is 6.42 Å². The van der Waals surface area contributed by atoms with Gasteiger partial charge in [-0.1, -0.05) is 0 Å². The number of nitrogens with zero attached hydrogens (tertiary/aromatic N) is 1. The van der Waals surface area contributed by atoms with Crippen LogP contribution < -0.4 is 5.32 Å². The highest BCUT2D eigenvalue weighted by Crippen LogP contribution is 1.98. The minimum atomic E-state index is -2.35. The van der Waals surface area contributed by atoms with Gasteiger partial charge < -0.3 is 5.32 Å². The molecule has 1 unspecified atom stereocenters. The summed E-state index contributed by atoms with van der Waals surface area (Å²) in [6, 6.07) is 1.04. The number of nitriles is 1. The van der Waals surface area contributed by atoms with E-state index in [1.165, 1.54) is 6.92 Å². The molecule has 0 saturated carbocycles. The van der Waals surface area contributed by atoms with Crippen molar-refractivity contribution < 1.29 is 8.78 Å². The van der Waals surface area contributed by atoms with Gasteiger partial charge in [-0.3, -0.25) is 0 Å². The van der Waals surface area contributed by atoms with E-state index in [0.717, 1.165) is 0 Å². The average Bonchev–Trinajstić information content (AvgIpc) is 1.88. The molecule has 2 nitrogen and oxygen atoms in total. The van der Waals surface area contributed by atoms with Crippen LogP contribution in [0.2, 0.25) is 0 Å². The van der Waals surface area contributed by atoms with Gasteiger partial charge in [0.2, 0.25) is 0 Å². The second-order valence-corrected chi connectivity index (χ2v) is 1.99. The molecule has 0 aliphatic rings. The normalized spacial score (nSPS) is 13.1. The van der Waals surface area contributed by atoms with Crippen LogP contribution in [0.4, 0.5) is 8.78 Å². The molecule has 0 aliphatic heterocycles. The van der Waals surface area contributed by atoms with Crippen molar-refractivity contribution in [3.8, 4) is 6.07 Å². The predicted octanol–water partition coefficient (Wildman–Crippen LogP) is 1.14. The van der Waals surface area contributed by atoms with Gasteiger partial charge in [0.25, 0.3) is 6.43 Å². The molecule has 0 heterocycles. The topological polar surface area (TPSA) is 35.8 Å². The molecule has 0 radical (unpaired) electrons. The highest BCUT2D eigenvalue weighted by molar-refractivity contribution is 4.72. The Morgan fingerprint density at radius 1 is 1.60 bits per heavy atom. The van der Waals surface area contributed by atoms with Crippen molar-refractivity contribution in [1.29, 1.82) is 5.26 Å². The molecule has 0 bridgehead atoms. The third-order valence-corrected chi connectivity index (χ3v) is 1.08. The van der Waals surface area contributed by atoms with E-state index in [9.17, 15) is 8.78 Å². The van der Waals surface area contributed by atoms with Crippen molar-refractivity contribution >= 4 is 0 Å². The Labute approximate surface area is 58.8 Å². The van der Waals surface area contributed by atoms with Crippen molar-refractivity contribution in [1.82, 2.24) is 5.32 Å². The lowest BCUT2D eigenvalue weighted by Crippen LogP contribution is -2.33. The summed E-state index contributed by atoms with van der Waals surface area (Å²) in [5, 5.41) is 10.6. The molecule has 0 aromatic carbocycles. The highest BCUT2D eigenvalue weighted by atomic mass is 19.3. The highest BCUT2D eigenvalue weighted by Gasteiger charge is 2.12. The fourth-order valence-corrected chi connectivity index (χ4v) is 0.445. The molecule has 0 aliphatic carbocycles. The zero-order chi connectivity index (χ0) is 7.98. The molecule has 0 aromatic rings. The van der Waals surface area contributed by atoms with Crippen molar-refractivity contribution in [2.24, 2.45) is 0 Å². The monoisotopic (exact) mass is 148 g/mol. The molecule has 0 amide bonds. The molecule has 58 valence electrons. The van der Waals surface area contributed by atoms with Crippen molar-refractivity contribution in [3.63, 3.8) is 0 Å². The predicted molar refractivity (Wildman–Crippen MR) is 33.7 cm³/mol. The van der Waals surface area contributed by atoms with E-state index >= 15 is 0 Å². The van der Waals surface area contributed by atoms with Gasteiger partial charge in [-0.2, -0.15) is 5.26 Å². The summed E-state index contributed by atoms with van der Waals surface area (Å²) in [4.78, 5) is 0. The second-order valence-electron chi connectivity index (χ2n) is 1.99. The van der Waals surface area contributed by atoms with Crippen LogP contribution in [0, 0.1) is 11.3 Å².